The molecule has 0 spiro atoms. The summed E-state index contributed by atoms with van der Waals surface area (Å²) in [4.78, 5) is 14.2. The predicted molar refractivity (Wildman–Crippen MR) is 68.8 cm³/mol. The Morgan fingerprint density at radius 1 is 1.29 bits per heavy atom. The number of nitrogens with two attached hydrogens (primary N) is 1. The normalized spacial score (nSPS) is 24.9. The van der Waals surface area contributed by atoms with Gasteiger partial charge in [0.05, 0.1) is 5.54 Å². The number of urea groups is 1. The maximum atomic E-state index is 12.2. The molecule has 0 aromatic rings. The number of likely N-dealkylation sites (tertiary alicyclic amines) is 1. The molecule has 0 aromatic heterocycles. The lowest BCUT2D eigenvalue weighted by atomic mass is 9.96. The quantitative estimate of drug-likeness (QED) is 0.787. The van der Waals surface area contributed by atoms with Crippen molar-refractivity contribution in [3.05, 3.63) is 0 Å². The first-order valence-corrected chi connectivity index (χ1v) is 6.93. The molecule has 17 heavy (non-hydrogen) atoms. The Kier molecular flexibility index (Phi) is 3.92. The highest BCUT2D eigenvalue weighted by molar-refractivity contribution is 5.75. The number of hydrogen-bond acceptors (Lipinski definition) is 2. The molecule has 3 N–H and O–H groups in total. The van der Waals surface area contributed by atoms with Crippen LogP contribution in [0.15, 0.2) is 0 Å². The lowest BCUT2D eigenvalue weighted by Crippen LogP contribution is -2.56. The average molecular weight is 239 g/mol. The minimum absolute atomic E-state index is 0.0896. The van der Waals surface area contributed by atoms with Crippen LogP contribution < -0.4 is 11.1 Å². The molecule has 98 valence electrons. The van der Waals surface area contributed by atoms with Gasteiger partial charge in [0.2, 0.25) is 0 Å². The summed E-state index contributed by atoms with van der Waals surface area (Å²) in [6, 6.07) is 0.0896. The van der Waals surface area contributed by atoms with Crippen molar-refractivity contribution < 1.29 is 4.79 Å². The smallest absolute Gasteiger partial charge is 0.317 e. The third kappa shape index (κ3) is 3.12. The summed E-state index contributed by atoms with van der Waals surface area (Å²) in [6.07, 6.45) is 7.18. The molecular formula is C13H25N3O. The topological polar surface area (TPSA) is 58.4 Å². The van der Waals surface area contributed by atoms with Gasteiger partial charge in [0.25, 0.3) is 0 Å². The largest absolute Gasteiger partial charge is 0.331 e. The minimum atomic E-state index is -0.191. The van der Waals surface area contributed by atoms with Gasteiger partial charge in [-0.05, 0) is 38.5 Å². The monoisotopic (exact) mass is 239 g/mol. The van der Waals surface area contributed by atoms with Crippen LogP contribution >= 0.6 is 0 Å². The van der Waals surface area contributed by atoms with Gasteiger partial charge in [0, 0.05) is 19.6 Å². The molecule has 2 amide bonds. The van der Waals surface area contributed by atoms with Crippen LogP contribution in [0.25, 0.3) is 0 Å². The molecule has 1 aliphatic heterocycles. The number of rotatable bonds is 3. The van der Waals surface area contributed by atoms with Crippen LogP contribution in [-0.4, -0.2) is 36.1 Å². The number of hydrogen-bond donors (Lipinski definition) is 2. The number of carbonyl (C=O) groups excluding carboxylic acids is 1. The molecule has 2 rings (SSSR count). The maximum Gasteiger partial charge on any atom is 0.317 e. The zero-order chi connectivity index (χ0) is 12.3. The van der Waals surface area contributed by atoms with Crippen LogP contribution in [0.5, 0.6) is 0 Å². The molecule has 1 atom stereocenters. The van der Waals surface area contributed by atoms with E-state index >= 15 is 0 Å². The van der Waals surface area contributed by atoms with Crippen LogP contribution in [0.4, 0.5) is 4.79 Å². The summed E-state index contributed by atoms with van der Waals surface area (Å²) in [5.74, 6) is 0.587. The van der Waals surface area contributed by atoms with E-state index in [9.17, 15) is 4.79 Å². The molecule has 1 unspecified atom stereocenters. The fourth-order valence-electron chi connectivity index (χ4n) is 2.64. The highest BCUT2D eigenvalue weighted by Gasteiger charge is 2.42. The zero-order valence-corrected chi connectivity index (χ0v) is 10.9. The van der Waals surface area contributed by atoms with Crippen molar-refractivity contribution in [1.29, 1.82) is 0 Å². The van der Waals surface area contributed by atoms with E-state index in [2.05, 4.69) is 12.2 Å². The molecule has 1 saturated heterocycles. The van der Waals surface area contributed by atoms with E-state index in [0.29, 0.717) is 12.5 Å². The van der Waals surface area contributed by atoms with Gasteiger partial charge in [0.15, 0.2) is 0 Å². The van der Waals surface area contributed by atoms with Crippen molar-refractivity contribution in [2.45, 2.75) is 51.0 Å². The molecule has 4 heteroatoms. The lowest BCUT2D eigenvalue weighted by molar-refractivity contribution is 0.182. The lowest BCUT2D eigenvalue weighted by Gasteiger charge is -2.32. The Bertz CT molecular complexity index is 270. The first-order valence-electron chi connectivity index (χ1n) is 6.93. The summed E-state index contributed by atoms with van der Waals surface area (Å²) in [7, 11) is 0. The maximum absolute atomic E-state index is 12.2. The van der Waals surface area contributed by atoms with Crippen molar-refractivity contribution in [2.75, 3.05) is 19.6 Å². The molecule has 0 aromatic carbocycles. The Balaban J connectivity index is 1.90. The van der Waals surface area contributed by atoms with E-state index in [4.69, 9.17) is 5.73 Å². The number of amides is 2. The SMILES string of the molecule is CC(CN)(NC(=O)N1CCCCCC1)C1CC1. The summed E-state index contributed by atoms with van der Waals surface area (Å²) in [5.41, 5.74) is 5.63. The van der Waals surface area contributed by atoms with Gasteiger partial charge in [0.1, 0.15) is 0 Å². The van der Waals surface area contributed by atoms with Crippen LogP contribution in [0.2, 0.25) is 0 Å². The van der Waals surface area contributed by atoms with Gasteiger partial charge in [-0.3, -0.25) is 0 Å². The van der Waals surface area contributed by atoms with E-state index in [0.717, 1.165) is 25.9 Å². The standard InChI is InChI=1S/C13H25N3O/c1-13(10-14,11-6-7-11)15-12(17)16-8-4-2-3-5-9-16/h11H,2-10,14H2,1H3,(H,15,17). The predicted octanol–water partition coefficient (Wildman–Crippen LogP) is 1.70. The van der Waals surface area contributed by atoms with Crippen molar-refractivity contribution in [3.63, 3.8) is 0 Å². The molecule has 0 bridgehead atoms. The second kappa shape index (κ2) is 5.25. The molecular weight excluding hydrogens is 214 g/mol. The van der Waals surface area contributed by atoms with Gasteiger partial charge in [-0.15, -0.1) is 0 Å². The van der Waals surface area contributed by atoms with Gasteiger partial charge in [-0.25, -0.2) is 4.79 Å². The van der Waals surface area contributed by atoms with E-state index in [1.807, 2.05) is 4.90 Å². The third-order valence-corrected chi connectivity index (χ3v) is 4.19. The first kappa shape index (κ1) is 12.7. The second-order valence-corrected chi connectivity index (χ2v) is 5.73. The summed E-state index contributed by atoms with van der Waals surface area (Å²) < 4.78 is 0. The highest BCUT2D eigenvalue weighted by atomic mass is 16.2. The Labute approximate surface area is 104 Å². The van der Waals surface area contributed by atoms with Crippen LogP contribution in [0.3, 0.4) is 0 Å². The molecule has 2 fully saturated rings. The van der Waals surface area contributed by atoms with Crippen LogP contribution in [-0.2, 0) is 0 Å². The van der Waals surface area contributed by atoms with Gasteiger partial charge in [-0.2, -0.15) is 0 Å². The van der Waals surface area contributed by atoms with Gasteiger partial charge >= 0.3 is 6.03 Å². The molecule has 1 aliphatic carbocycles. The fraction of sp³-hybridized carbons (Fsp3) is 0.923. The van der Waals surface area contributed by atoms with Crippen LogP contribution in [0, 0.1) is 5.92 Å². The molecule has 2 aliphatic rings. The van der Waals surface area contributed by atoms with Crippen molar-refractivity contribution in [2.24, 2.45) is 11.7 Å². The molecule has 4 nitrogen and oxygen atoms in total. The van der Waals surface area contributed by atoms with Crippen molar-refractivity contribution in [1.82, 2.24) is 10.2 Å². The summed E-state index contributed by atoms with van der Waals surface area (Å²) in [6.45, 7) is 4.42. The Hall–Kier alpha value is -0.770. The van der Waals surface area contributed by atoms with E-state index in [-0.39, 0.29) is 11.6 Å². The summed E-state index contributed by atoms with van der Waals surface area (Å²) in [5, 5.41) is 3.16. The molecule has 1 heterocycles. The van der Waals surface area contributed by atoms with Crippen molar-refractivity contribution in [3.8, 4) is 0 Å². The highest BCUT2D eigenvalue weighted by Crippen LogP contribution is 2.39. The zero-order valence-electron chi connectivity index (χ0n) is 10.9. The first-order chi connectivity index (χ1) is 8.15. The van der Waals surface area contributed by atoms with Crippen molar-refractivity contribution >= 4 is 6.03 Å². The number of nitrogens with zero attached hydrogens (tertiary/aromatic N) is 1. The average Bonchev–Trinajstić information content (AvgIpc) is 3.15. The van der Waals surface area contributed by atoms with Gasteiger partial charge in [-0.1, -0.05) is 12.8 Å². The number of carbonyl (C=O) groups is 1. The second-order valence-electron chi connectivity index (χ2n) is 5.73. The third-order valence-electron chi connectivity index (χ3n) is 4.19. The van der Waals surface area contributed by atoms with E-state index < -0.39 is 0 Å². The Morgan fingerprint density at radius 3 is 2.35 bits per heavy atom. The Morgan fingerprint density at radius 2 is 1.88 bits per heavy atom. The van der Waals surface area contributed by atoms with Crippen LogP contribution in [0.1, 0.15) is 45.4 Å². The number of nitrogens with one attached hydrogen (secondary N) is 1. The molecule has 1 saturated carbocycles. The summed E-state index contributed by atoms with van der Waals surface area (Å²) >= 11 is 0. The fourth-order valence-corrected chi connectivity index (χ4v) is 2.64. The van der Waals surface area contributed by atoms with Gasteiger partial charge < -0.3 is 16.0 Å². The minimum Gasteiger partial charge on any atom is -0.331 e. The van der Waals surface area contributed by atoms with E-state index in [1.165, 1.54) is 25.7 Å². The molecule has 0 radical (unpaired) electrons. The van der Waals surface area contributed by atoms with E-state index in [1.54, 1.807) is 0 Å².